The summed E-state index contributed by atoms with van der Waals surface area (Å²) < 4.78 is 3.40. The summed E-state index contributed by atoms with van der Waals surface area (Å²) >= 11 is 0. The molecule has 2 heterocycles. The van der Waals surface area contributed by atoms with Crippen molar-refractivity contribution in [3.8, 4) is 0 Å². The van der Waals surface area contributed by atoms with Crippen LogP contribution >= 0.6 is 0 Å². The van der Waals surface area contributed by atoms with E-state index < -0.39 is 0 Å². The van der Waals surface area contributed by atoms with Crippen LogP contribution in [0, 0.1) is 0 Å². The van der Waals surface area contributed by atoms with E-state index in [-0.39, 0.29) is 22.9 Å². The van der Waals surface area contributed by atoms with E-state index in [1.54, 1.807) is 22.5 Å². The van der Waals surface area contributed by atoms with E-state index in [0.717, 1.165) is 25.7 Å². The van der Waals surface area contributed by atoms with E-state index in [1.165, 1.54) is 6.20 Å². The van der Waals surface area contributed by atoms with Gasteiger partial charge in [0.25, 0.3) is 5.91 Å². The molecule has 0 aromatic carbocycles. The van der Waals surface area contributed by atoms with Crippen molar-refractivity contribution in [2.45, 2.75) is 45.6 Å². The first-order valence-electron chi connectivity index (χ1n) is 7.78. The molecule has 0 spiro atoms. The van der Waals surface area contributed by atoms with E-state index in [2.05, 4.69) is 17.3 Å². The molecule has 0 unspecified atom stereocenters. The van der Waals surface area contributed by atoms with Crippen LogP contribution in [0.3, 0.4) is 0 Å². The third-order valence-electron chi connectivity index (χ3n) is 3.92. The number of amides is 1. The molecule has 2 aromatic heterocycles. The van der Waals surface area contributed by atoms with Gasteiger partial charge in [-0.05, 0) is 13.3 Å². The van der Waals surface area contributed by atoms with Crippen molar-refractivity contribution in [3.63, 3.8) is 0 Å². The third-order valence-corrected chi connectivity index (χ3v) is 3.92. The van der Waals surface area contributed by atoms with Gasteiger partial charge in [-0.3, -0.25) is 14.3 Å². The SMILES string of the molecule is CCCCC[C@H](C)NC(=O)c1cn(C)c2c(cnn2C)c1=O. The lowest BCUT2D eigenvalue weighted by molar-refractivity contribution is 0.0936. The lowest BCUT2D eigenvalue weighted by Gasteiger charge is -2.14. The normalized spacial score (nSPS) is 12.5. The zero-order valence-corrected chi connectivity index (χ0v) is 13.7. The summed E-state index contributed by atoms with van der Waals surface area (Å²) in [6.07, 6.45) is 7.41. The first kappa shape index (κ1) is 16.3. The summed E-state index contributed by atoms with van der Waals surface area (Å²) in [6.45, 7) is 4.12. The van der Waals surface area contributed by atoms with Crippen molar-refractivity contribution in [1.29, 1.82) is 0 Å². The van der Waals surface area contributed by atoms with Gasteiger partial charge in [-0.1, -0.05) is 26.2 Å². The minimum atomic E-state index is -0.310. The van der Waals surface area contributed by atoms with Gasteiger partial charge < -0.3 is 9.88 Å². The Morgan fingerprint density at radius 2 is 2.09 bits per heavy atom. The van der Waals surface area contributed by atoms with Gasteiger partial charge in [-0.15, -0.1) is 0 Å². The van der Waals surface area contributed by atoms with E-state index in [4.69, 9.17) is 0 Å². The number of aromatic nitrogens is 3. The zero-order valence-electron chi connectivity index (χ0n) is 13.7. The van der Waals surface area contributed by atoms with Crippen LogP contribution in [0.25, 0.3) is 11.0 Å². The molecule has 0 radical (unpaired) electrons. The van der Waals surface area contributed by atoms with Crippen LogP contribution in [0.2, 0.25) is 0 Å². The van der Waals surface area contributed by atoms with Crippen LogP contribution in [-0.2, 0) is 14.1 Å². The van der Waals surface area contributed by atoms with Gasteiger partial charge in [-0.25, -0.2) is 0 Å². The summed E-state index contributed by atoms with van der Waals surface area (Å²) in [5.41, 5.74) is 0.613. The number of pyridine rings is 1. The second kappa shape index (κ2) is 6.77. The predicted octanol–water partition coefficient (Wildman–Crippen LogP) is 1.97. The van der Waals surface area contributed by atoms with Crippen molar-refractivity contribution in [3.05, 3.63) is 28.2 Å². The van der Waals surface area contributed by atoms with Crippen LogP contribution in [0.4, 0.5) is 0 Å². The van der Waals surface area contributed by atoms with Crippen molar-refractivity contribution >= 4 is 16.9 Å². The molecule has 120 valence electrons. The van der Waals surface area contributed by atoms with Crippen LogP contribution in [-0.4, -0.2) is 26.3 Å². The number of carbonyl (C=O) groups is 1. The van der Waals surface area contributed by atoms with Crippen LogP contribution in [0.5, 0.6) is 0 Å². The Labute approximate surface area is 130 Å². The molecule has 2 aromatic rings. The van der Waals surface area contributed by atoms with Crippen LogP contribution < -0.4 is 10.7 Å². The molecule has 6 heteroatoms. The Morgan fingerprint density at radius 3 is 2.77 bits per heavy atom. The number of unbranched alkanes of at least 4 members (excludes halogenated alkanes) is 2. The number of hydrogen-bond acceptors (Lipinski definition) is 3. The van der Waals surface area contributed by atoms with Crippen molar-refractivity contribution in [2.24, 2.45) is 14.1 Å². The molecule has 0 aliphatic carbocycles. The molecule has 0 fully saturated rings. The van der Waals surface area contributed by atoms with Crippen LogP contribution in [0.1, 0.15) is 49.9 Å². The molecule has 1 amide bonds. The molecule has 1 atom stereocenters. The van der Waals surface area contributed by atoms with Crippen molar-refractivity contribution < 1.29 is 4.79 Å². The number of hydrogen-bond donors (Lipinski definition) is 1. The molecule has 1 N–H and O–H groups in total. The highest BCUT2D eigenvalue weighted by Gasteiger charge is 2.17. The highest BCUT2D eigenvalue weighted by molar-refractivity contribution is 5.96. The number of nitrogens with one attached hydrogen (secondary N) is 1. The number of rotatable bonds is 6. The number of aryl methyl sites for hydroxylation is 2. The second-order valence-corrected chi connectivity index (χ2v) is 5.86. The van der Waals surface area contributed by atoms with Gasteiger partial charge in [0, 0.05) is 26.3 Å². The highest BCUT2D eigenvalue weighted by Crippen LogP contribution is 2.10. The molecule has 22 heavy (non-hydrogen) atoms. The average Bonchev–Trinajstić information content (AvgIpc) is 2.86. The van der Waals surface area contributed by atoms with Crippen LogP contribution in [0.15, 0.2) is 17.2 Å². The maximum Gasteiger partial charge on any atom is 0.256 e. The maximum absolute atomic E-state index is 12.4. The van der Waals surface area contributed by atoms with E-state index in [9.17, 15) is 9.59 Å². The van der Waals surface area contributed by atoms with Gasteiger partial charge in [0.05, 0.1) is 11.6 Å². The molecule has 0 bridgehead atoms. The van der Waals surface area contributed by atoms with Crippen molar-refractivity contribution in [2.75, 3.05) is 0 Å². The lowest BCUT2D eigenvalue weighted by Crippen LogP contribution is -2.35. The topological polar surface area (TPSA) is 68.9 Å². The summed E-state index contributed by atoms with van der Waals surface area (Å²) in [4.78, 5) is 24.8. The first-order valence-corrected chi connectivity index (χ1v) is 7.78. The molecule has 0 saturated carbocycles. The monoisotopic (exact) mass is 304 g/mol. The summed E-state index contributed by atoms with van der Waals surface area (Å²) in [5, 5.41) is 7.48. The fourth-order valence-corrected chi connectivity index (χ4v) is 2.70. The molecule has 0 aliphatic rings. The minimum Gasteiger partial charge on any atom is -0.349 e. The largest absolute Gasteiger partial charge is 0.349 e. The molecule has 0 saturated heterocycles. The molecular formula is C16H24N4O2. The lowest BCUT2D eigenvalue weighted by atomic mass is 10.1. The minimum absolute atomic E-state index is 0.0633. The van der Waals surface area contributed by atoms with Gasteiger partial charge in [0.1, 0.15) is 11.2 Å². The molecule has 6 nitrogen and oxygen atoms in total. The van der Waals surface area contributed by atoms with E-state index in [1.807, 2.05) is 14.0 Å². The Balaban J connectivity index is 2.22. The zero-order chi connectivity index (χ0) is 16.3. The van der Waals surface area contributed by atoms with Crippen molar-refractivity contribution in [1.82, 2.24) is 19.7 Å². The average molecular weight is 304 g/mol. The summed E-state index contributed by atoms with van der Waals surface area (Å²) in [5.74, 6) is -0.310. The van der Waals surface area contributed by atoms with E-state index >= 15 is 0 Å². The fourth-order valence-electron chi connectivity index (χ4n) is 2.70. The molecule has 2 rings (SSSR count). The third kappa shape index (κ3) is 3.21. The highest BCUT2D eigenvalue weighted by atomic mass is 16.2. The second-order valence-electron chi connectivity index (χ2n) is 5.86. The summed E-state index contributed by atoms with van der Waals surface area (Å²) in [6, 6.07) is 0.0633. The Morgan fingerprint density at radius 1 is 1.36 bits per heavy atom. The quantitative estimate of drug-likeness (QED) is 0.830. The fraction of sp³-hybridized carbons (Fsp3) is 0.562. The van der Waals surface area contributed by atoms with Gasteiger partial charge >= 0.3 is 0 Å². The van der Waals surface area contributed by atoms with Gasteiger partial charge in [-0.2, -0.15) is 5.10 Å². The Hall–Kier alpha value is -2.11. The van der Waals surface area contributed by atoms with E-state index in [0.29, 0.717) is 11.0 Å². The van der Waals surface area contributed by atoms with Gasteiger partial charge in [0.15, 0.2) is 0 Å². The molecular weight excluding hydrogens is 280 g/mol. The standard InChI is InChI=1S/C16H24N4O2/c1-5-6-7-8-11(2)18-15(22)13-10-19(3)16-12(14(13)21)9-17-20(16)4/h9-11H,5-8H2,1-4H3,(H,18,22)/t11-/m0/s1. The number of nitrogens with zero attached hydrogens (tertiary/aromatic N) is 3. The Bertz CT molecular complexity index is 730. The molecule has 0 aliphatic heterocycles. The predicted molar refractivity (Wildman–Crippen MR) is 87.0 cm³/mol. The van der Waals surface area contributed by atoms with Gasteiger partial charge in [0.2, 0.25) is 5.43 Å². The smallest absolute Gasteiger partial charge is 0.256 e. The number of fused-ring (bicyclic) bond motifs is 1. The number of carbonyl (C=O) groups excluding carboxylic acids is 1. The first-order chi connectivity index (χ1) is 10.5. The summed E-state index contributed by atoms with van der Waals surface area (Å²) in [7, 11) is 3.59. The maximum atomic E-state index is 12.4. The Kier molecular flexibility index (Phi) is 5.00.